The van der Waals surface area contributed by atoms with E-state index < -0.39 is 15.0 Å². The van der Waals surface area contributed by atoms with E-state index in [4.69, 9.17) is 4.18 Å². The quantitative estimate of drug-likeness (QED) is 0.357. The maximum absolute atomic E-state index is 12.6. The number of likely N-dealkylation sites (tertiary alicyclic amines) is 1. The minimum Gasteiger partial charge on any atom is -0.379 e. The van der Waals surface area contributed by atoms with Crippen molar-refractivity contribution in [2.75, 3.05) is 33.2 Å². The van der Waals surface area contributed by atoms with E-state index in [1.165, 1.54) is 55.3 Å². The lowest BCUT2D eigenvalue weighted by atomic mass is 10.2. The molecule has 0 spiro atoms. The van der Waals surface area contributed by atoms with Crippen LogP contribution in [0.25, 0.3) is 0 Å². The highest BCUT2D eigenvalue weighted by Crippen LogP contribution is 2.22. The Morgan fingerprint density at radius 1 is 1.17 bits per heavy atom. The van der Waals surface area contributed by atoms with E-state index >= 15 is 0 Å². The number of benzene rings is 2. The molecule has 1 aliphatic rings. The molecule has 1 aliphatic heterocycles. The first kappa shape index (κ1) is 21.7. The molecule has 0 aromatic heterocycles. The maximum atomic E-state index is 12.6. The zero-order chi connectivity index (χ0) is 21.7. The van der Waals surface area contributed by atoms with E-state index in [2.05, 4.69) is 4.90 Å². The van der Waals surface area contributed by atoms with Gasteiger partial charge in [-0.1, -0.05) is 6.07 Å². The molecule has 0 saturated carbocycles. The molecule has 0 N–H and O–H groups in total. The normalized spacial score (nSPS) is 14.4. The van der Waals surface area contributed by atoms with Gasteiger partial charge in [-0.05, 0) is 56.3 Å². The summed E-state index contributed by atoms with van der Waals surface area (Å²) in [5, 5.41) is 10.8. The minimum absolute atomic E-state index is 0.0118. The van der Waals surface area contributed by atoms with Crippen LogP contribution in [0.5, 0.6) is 5.75 Å². The second-order valence-electron chi connectivity index (χ2n) is 7.09. The van der Waals surface area contributed by atoms with Gasteiger partial charge in [0, 0.05) is 37.8 Å². The van der Waals surface area contributed by atoms with Crippen molar-refractivity contribution in [3.63, 3.8) is 0 Å². The Bertz CT molecular complexity index is 1020. The smallest absolute Gasteiger partial charge is 0.339 e. The number of rotatable bonds is 8. The van der Waals surface area contributed by atoms with Gasteiger partial charge in [0.25, 0.3) is 11.6 Å². The van der Waals surface area contributed by atoms with Crippen LogP contribution in [-0.2, 0) is 10.1 Å². The molecular formula is C20H23N3O6S. The number of carbonyl (C=O) groups is 1. The molecule has 10 heteroatoms. The number of hydrogen-bond donors (Lipinski definition) is 0. The SMILES string of the molecule is CN(CCN1CCCC1)C(=O)c1ccc(OS(=O)(=O)c2cccc([N+](=O)[O-])c2)cc1. The van der Waals surface area contributed by atoms with Gasteiger partial charge in [0.15, 0.2) is 0 Å². The lowest BCUT2D eigenvalue weighted by Crippen LogP contribution is -2.35. The molecule has 2 aromatic carbocycles. The largest absolute Gasteiger partial charge is 0.379 e. The molecule has 0 aliphatic carbocycles. The monoisotopic (exact) mass is 433 g/mol. The third kappa shape index (κ3) is 5.33. The van der Waals surface area contributed by atoms with E-state index in [0.29, 0.717) is 12.1 Å². The van der Waals surface area contributed by atoms with Crippen LogP contribution >= 0.6 is 0 Å². The predicted octanol–water partition coefficient (Wildman–Crippen LogP) is 2.53. The number of nitrogens with zero attached hydrogens (tertiary/aromatic N) is 3. The van der Waals surface area contributed by atoms with Gasteiger partial charge < -0.3 is 14.0 Å². The van der Waals surface area contributed by atoms with Crippen molar-refractivity contribution >= 4 is 21.7 Å². The van der Waals surface area contributed by atoms with E-state index in [9.17, 15) is 23.3 Å². The van der Waals surface area contributed by atoms with Crippen LogP contribution in [0.3, 0.4) is 0 Å². The van der Waals surface area contributed by atoms with Crippen LogP contribution in [0.4, 0.5) is 5.69 Å². The molecule has 30 heavy (non-hydrogen) atoms. The zero-order valence-electron chi connectivity index (χ0n) is 16.6. The topological polar surface area (TPSA) is 110 Å². The second kappa shape index (κ2) is 9.23. The summed E-state index contributed by atoms with van der Waals surface area (Å²) >= 11 is 0. The van der Waals surface area contributed by atoms with Crippen molar-refractivity contribution in [1.82, 2.24) is 9.80 Å². The van der Waals surface area contributed by atoms with Crippen LogP contribution in [0, 0.1) is 10.1 Å². The number of carbonyl (C=O) groups excluding carboxylic acids is 1. The van der Waals surface area contributed by atoms with Crippen LogP contribution in [-0.4, -0.2) is 62.3 Å². The van der Waals surface area contributed by atoms with Crippen LogP contribution < -0.4 is 4.18 Å². The molecule has 3 rings (SSSR count). The number of likely N-dealkylation sites (N-methyl/N-ethyl adjacent to an activating group) is 1. The Balaban J connectivity index is 1.64. The van der Waals surface area contributed by atoms with Gasteiger partial charge in [0.2, 0.25) is 0 Å². The summed E-state index contributed by atoms with van der Waals surface area (Å²) in [4.78, 5) is 26.4. The van der Waals surface area contributed by atoms with E-state index in [0.717, 1.165) is 25.7 Å². The molecule has 0 atom stereocenters. The fraction of sp³-hybridized carbons (Fsp3) is 0.350. The first-order valence-corrected chi connectivity index (χ1v) is 10.9. The number of non-ortho nitro benzene ring substituents is 1. The van der Waals surface area contributed by atoms with Crippen molar-refractivity contribution in [1.29, 1.82) is 0 Å². The average Bonchev–Trinajstić information content (AvgIpc) is 3.25. The molecule has 1 saturated heterocycles. The van der Waals surface area contributed by atoms with Gasteiger partial charge in [-0.3, -0.25) is 14.9 Å². The molecule has 1 heterocycles. The number of nitro groups is 1. The Hall–Kier alpha value is -2.98. The highest BCUT2D eigenvalue weighted by molar-refractivity contribution is 7.87. The molecule has 2 aromatic rings. The van der Waals surface area contributed by atoms with Gasteiger partial charge in [-0.15, -0.1) is 0 Å². The standard InChI is InChI=1S/C20H23N3O6S/c1-21(13-14-22-11-2-3-12-22)20(24)16-7-9-18(10-8-16)29-30(27,28)19-6-4-5-17(15-19)23(25)26/h4-10,15H,2-3,11-14H2,1H3. The van der Waals surface area contributed by atoms with Gasteiger partial charge in [-0.25, -0.2) is 0 Å². The van der Waals surface area contributed by atoms with Crippen molar-refractivity contribution in [2.45, 2.75) is 17.7 Å². The lowest BCUT2D eigenvalue weighted by molar-refractivity contribution is -0.385. The molecule has 0 unspecified atom stereocenters. The minimum atomic E-state index is -4.24. The summed E-state index contributed by atoms with van der Waals surface area (Å²) in [6, 6.07) is 10.4. The molecule has 0 radical (unpaired) electrons. The molecule has 1 fully saturated rings. The highest BCUT2D eigenvalue weighted by atomic mass is 32.2. The van der Waals surface area contributed by atoms with E-state index in [1.54, 1.807) is 11.9 Å². The molecule has 1 amide bonds. The van der Waals surface area contributed by atoms with Crippen molar-refractivity contribution < 1.29 is 22.3 Å². The summed E-state index contributed by atoms with van der Waals surface area (Å²) in [6.07, 6.45) is 2.39. The third-order valence-electron chi connectivity index (χ3n) is 4.92. The summed E-state index contributed by atoms with van der Waals surface area (Å²) in [7, 11) is -2.51. The van der Waals surface area contributed by atoms with E-state index in [-0.39, 0.29) is 22.2 Å². The molecular weight excluding hydrogens is 410 g/mol. The second-order valence-corrected chi connectivity index (χ2v) is 8.64. The summed E-state index contributed by atoms with van der Waals surface area (Å²) in [5.41, 5.74) is 0.0663. The van der Waals surface area contributed by atoms with Gasteiger partial charge in [0.1, 0.15) is 10.6 Å². The molecule has 9 nitrogen and oxygen atoms in total. The van der Waals surface area contributed by atoms with Crippen LogP contribution in [0.15, 0.2) is 53.4 Å². The fourth-order valence-electron chi connectivity index (χ4n) is 3.20. The van der Waals surface area contributed by atoms with Crippen molar-refractivity contribution in [3.05, 3.63) is 64.2 Å². The maximum Gasteiger partial charge on any atom is 0.339 e. The van der Waals surface area contributed by atoms with Crippen LogP contribution in [0.1, 0.15) is 23.2 Å². The third-order valence-corrected chi connectivity index (χ3v) is 6.16. The number of nitro benzene ring substituents is 1. The fourth-order valence-corrected chi connectivity index (χ4v) is 4.17. The molecule has 0 bridgehead atoms. The first-order chi connectivity index (χ1) is 14.3. The predicted molar refractivity (Wildman–Crippen MR) is 110 cm³/mol. The Morgan fingerprint density at radius 3 is 2.47 bits per heavy atom. The Morgan fingerprint density at radius 2 is 1.83 bits per heavy atom. The van der Waals surface area contributed by atoms with E-state index in [1.807, 2.05) is 0 Å². The number of amides is 1. The number of hydrogen-bond acceptors (Lipinski definition) is 7. The van der Waals surface area contributed by atoms with Crippen molar-refractivity contribution in [3.8, 4) is 5.75 Å². The molecule has 160 valence electrons. The lowest BCUT2D eigenvalue weighted by Gasteiger charge is -2.21. The van der Waals surface area contributed by atoms with Crippen molar-refractivity contribution in [2.24, 2.45) is 0 Å². The highest BCUT2D eigenvalue weighted by Gasteiger charge is 2.21. The zero-order valence-corrected chi connectivity index (χ0v) is 17.4. The Labute approximate surface area is 175 Å². The van der Waals surface area contributed by atoms with Gasteiger partial charge in [0.05, 0.1) is 4.92 Å². The Kier molecular flexibility index (Phi) is 6.68. The first-order valence-electron chi connectivity index (χ1n) is 9.53. The van der Waals surface area contributed by atoms with Gasteiger partial charge >= 0.3 is 10.1 Å². The summed E-state index contributed by atoms with van der Waals surface area (Å²) in [5.74, 6) is -0.153. The van der Waals surface area contributed by atoms with Crippen LogP contribution in [0.2, 0.25) is 0 Å². The summed E-state index contributed by atoms with van der Waals surface area (Å²) < 4.78 is 29.8. The summed E-state index contributed by atoms with van der Waals surface area (Å²) in [6.45, 7) is 3.56. The average molecular weight is 433 g/mol. The van der Waals surface area contributed by atoms with Gasteiger partial charge in [-0.2, -0.15) is 8.42 Å².